The second-order valence-corrected chi connectivity index (χ2v) is 4.47. The Morgan fingerprint density at radius 2 is 1.86 bits per heavy atom. The smallest absolute Gasteiger partial charge is 0.0913 e. The van der Waals surface area contributed by atoms with E-state index in [0.29, 0.717) is 0 Å². The van der Waals surface area contributed by atoms with E-state index >= 15 is 0 Å². The first kappa shape index (κ1) is 9.82. The van der Waals surface area contributed by atoms with Crippen molar-refractivity contribution < 1.29 is 0 Å². The second-order valence-electron chi connectivity index (χ2n) is 3.35. The summed E-state index contributed by atoms with van der Waals surface area (Å²) in [6, 6.07) is 10.0. The molecule has 1 atom stereocenters. The van der Waals surface area contributed by atoms with E-state index in [9.17, 15) is 0 Å². The highest BCUT2D eigenvalue weighted by atomic mass is 35.5. The van der Waals surface area contributed by atoms with E-state index in [1.807, 2.05) is 48.6 Å². The first-order valence-electron chi connectivity index (χ1n) is 4.50. The van der Waals surface area contributed by atoms with Gasteiger partial charge < -0.3 is 0 Å². The van der Waals surface area contributed by atoms with Crippen molar-refractivity contribution in [1.29, 1.82) is 0 Å². The van der Waals surface area contributed by atoms with Crippen molar-refractivity contribution in [2.45, 2.75) is 11.3 Å². The van der Waals surface area contributed by atoms with Gasteiger partial charge in [-0.15, -0.1) is 11.6 Å². The predicted octanol–water partition coefficient (Wildman–Crippen LogP) is 4.20. The first-order chi connectivity index (χ1) is 6.71. The highest BCUT2D eigenvalue weighted by Gasteiger charge is 2.26. The van der Waals surface area contributed by atoms with Crippen LogP contribution in [0.3, 0.4) is 0 Å². The Labute approximate surface area is 93.8 Å². The van der Waals surface area contributed by atoms with Gasteiger partial charge in [0, 0.05) is 5.03 Å². The number of hydrogen-bond acceptors (Lipinski definition) is 0. The van der Waals surface area contributed by atoms with Gasteiger partial charge in [0.25, 0.3) is 0 Å². The van der Waals surface area contributed by atoms with Gasteiger partial charge in [-0.2, -0.15) is 0 Å². The third-order valence-corrected chi connectivity index (χ3v) is 3.13. The molecule has 0 fully saturated rings. The maximum atomic E-state index is 6.48. The predicted molar refractivity (Wildman–Crippen MR) is 61.7 cm³/mol. The summed E-state index contributed by atoms with van der Waals surface area (Å²) in [4.78, 5) is -0.417. The molecule has 0 amide bonds. The minimum absolute atomic E-state index is 0.417. The van der Waals surface area contributed by atoms with Gasteiger partial charge in [-0.1, -0.05) is 54.1 Å². The number of halogens is 2. The van der Waals surface area contributed by atoms with E-state index in [4.69, 9.17) is 23.2 Å². The number of alkyl halides is 1. The van der Waals surface area contributed by atoms with Crippen LogP contribution >= 0.6 is 23.2 Å². The molecule has 2 rings (SSSR count). The maximum absolute atomic E-state index is 6.48. The second kappa shape index (κ2) is 3.80. The van der Waals surface area contributed by atoms with Crippen LogP contribution in [0.1, 0.15) is 12.0 Å². The van der Waals surface area contributed by atoms with Crippen LogP contribution in [-0.2, 0) is 4.87 Å². The zero-order valence-corrected chi connectivity index (χ0v) is 9.09. The van der Waals surface area contributed by atoms with Crippen molar-refractivity contribution in [1.82, 2.24) is 0 Å². The van der Waals surface area contributed by atoms with E-state index in [2.05, 4.69) is 0 Å². The van der Waals surface area contributed by atoms with Gasteiger partial charge in [0.1, 0.15) is 0 Å². The molecule has 1 aliphatic rings. The Kier molecular flexibility index (Phi) is 2.66. The van der Waals surface area contributed by atoms with Crippen molar-refractivity contribution in [2.75, 3.05) is 0 Å². The van der Waals surface area contributed by atoms with Gasteiger partial charge >= 0.3 is 0 Å². The first-order valence-corrected chi connectivity index (χ1v) is 5.26. The van der Waals surface area contributed by atoms with Gasteiger partial charge in [-0.25, -0.2) is 0 Å². The van der Waals surface area contributed by atoms with Crippen LogP contribution in [-0.4, -0.2) is 0 Å². The molecular formula is C12H10Cl2. The van der Waals surface area contributed by atoms with E-state index in [-0.39, 0.29) is 0 Å². The number of benzene rings is 1. The number of allylic oxidation sites excluding steroid dienone is 4. The van der Waals surface area contributed by atoms with Crippen molar-refractivity contribution >= 4 is 23.2 Å². The molecule has 0 saturated carbocycles. The molecule has 1 unspecified atom stereocenters. The lowest BCUT2D eigenvalue weighted by molar-refractivity contribution is 0.762. The summed E-state index contributed by atoms with van der Waals surface area (Å²) in [5.41, 5.74) is 1.11. The molecule has 2 heteroatoms. The van der Waals surface area contributed by atoms with Crippen molar-refractivity contribution in [3.05, 3.63) is 59.2 Å². The standard InChI is InChI=1S/C12H10Cl2/c13-11-6-8-12(14,9-7-11)10-4-2-1-3-5-10/h1-8H,9H2. The largest absolute Gasteiger partial charge is 0.109 e. The van der Waals surface area contributed by atoms with Gasteiger partial charge in [0.2, 0.25) is 0 Å². The molecule has 0 aromatic heterocycles. The normalized spacial score (nSPS) is 26.0. The van der Waals surface area contributed by atoms with E-state index < -0.39 is 4.87 Å². The lowest BCUT2D eigenvalue weighted by atomic mass is 9.91. The minimum Gasteiger partial charge on any atom is -0.109 e. The van der Waals surface area contributed by atoms with Gasteiger partial charge in [0.15, 0.2) is 0 Å². The minimum atomic E-state index is -0.417. The van der Waals surface area contributed by atoms with Crippen LogP contribution in [0.25, 0.3) is 0 Å². The fourth-order valence-corrected chi connectivity index (χ4v) is 1.93. The molecule has 0 heterocycles. The molecule has 0 spiro atoms. The van der Waals surface area contributed by atoms with Crippen LogP contribution in [0, 0.1) is 0 Å². The summed E-state index contributed by atoms with van der Waals surface area (Å²) >= 11 is 12.3. The zero-order valence-electron chi connectivity index (χ0n) is 7.58. The van der Waals surface area contributed by atoms with Crippen LogP contribution in [0.4, 0.5) is 0 Å². The van der Waals surface area contributed by atoms with E-state index in [0.717, 1.165) is 17.0 Å². The Morgan fingerprint density at radius 1 is 1.14 bits per heavy atom. The molecule has 1 aromatic carbocycles. The molecule has 0 nitrogen and oxygen atoms in total. The number of hydrogen-bond donors (Lipinski definition) is 0. The molecule has 0 N–H and O–H groups in total. The third kappa shape index (κ3) is 1.87. The Balaban J connectivity index is 2.32. The van der Waals surface area contributed by atoms with Crippen LogP contribution in [0.15, 0.2) is 53.6 Å². The van der Waals surface area contributed by atoms with Crippen molar-refractivity contribution in [2.24, 2.45) is 0 Å². The molecule has 0 radical (unpaired) electrons. The molecule has 0 saturated heterocycles. The van der Waals surface area contributed by atoms with Gasteiger partial charge in [-0.05, 0) is 18.1 Å². The molecule has 1 aliphatic carbocycles. The highest BCUT2D eigenvalue weighted by molar-refractivity contribution is 6.32. The third-order valence-electron chi connectivity index (χ3n) is 2.35. The Morgan fingerprint density at radius 3 is 2.43 bits per heavy atom. The lowest BCUT2D eigenvalue weighted by Crippen LogP contribution is -2.16. The molecule has 14 heavy (non-hydrogen) atoms. The monoisotopic (exact) mass is 224 g/mol. The molecule has 0 bridgehead atoms. The summed E-state index contributed by atoms with van der Waals surface area (Å²) in [5.74, 6) is 0. The van der Waals surface area contributed by atoms with E-state index in [1.54, 1.807) is 0 Å². The van der Waals surface area contributed by atoms with Crippen LogP contribution in [0.5, 0.6) is 0 Å². The lowest BCUT2D eigenvalue weighted by Gasteiger charge is -2.24. The average molecular weight is 225 g/mol. The molecule has 0 aliphatic heterocycles. The zero-order chi connectivity index (χ0) is 10.0. The fourth-order valence-electron chi connectivity index (χ4n) is 1.52. The van der Waals surface area contributed by atoms with Crippen LogP contribution < -0.4 is 0 Å². The fraction of sp³-hybridized carbons (Fsp3) is 0.167. The summed E-state index contributed by atoms with van der Waals surface area (Å²) in [5, 5.41) is 0.761. The van der Waals surface area contributed by atoms with Crippen molar-refractivity contribution in [3.8, 4) is 0 Å². The highest BCUT2D eigenvalue weighted by Crippen LogP contribution is 2.38. The summed E-state index contributed by atoms with van der Waals surface area (Å²) in [7, 11) is 0. The Bertz CT molecular complexity index is 379. The summed E-state index contributed by atoms with van der Waals surface area (Å²) in [6.45, 7) is 0. The van der Waals surface area contributed by atoms with E-state index in [1.165, 1.54) is 0 Å². The number of rotatable bonds is 1. The van der Waals surface area contributed by atoms with Crippen LogP contribution in [0.2, 0.25) is 0 Å². The Hall–Kier alpha value is -0.720. The van der Waals surface area contributed by atoms with Gasteiger partial charge in [0.05, 0.1) is 4.87 Å². The maximum Gasteiger partial charge on any atom is 0.0913 e. The average Bonchev–Trinajstić information content (AvgIpc) is 2.24. The van der Waals surface area contributed by atoms with Crippen molar-refractivity contribution in [3.63, 3.8) is 0 Å². The summed E-state index contributed by atoms with van der Waals surface area (Å²) < 4.78 is 0. The molecular weight excluding hydrogens is 215 g/mol. The molecule has 1 aromatic rings. The summed E-state index contributed by atoms with van der Waals surface area (Å²) in [6.07, 6.45) is 6.49. The molecule has 72 valence electrons. The topological polar surface area (TPSA) is 0 Å². The quantitative estimate of drug-likeness (QED) is 0.628. The SMILES string of the molecule is ClC1=CCC(Cl)(c2ccccc2)C=C1. The van der Waals surface area contributed by atoms with Gasteiger partial charge in [-0.3, -0.25) is 0 Å².